The Kier molecular flexibility index (Phi) is 8.53. The fourth-order valence-corrected chi connectivity index (χ4v) is 10.1. The van der Waals surface area contributed by atoms with E-state index in [1.807, 2.05) is 79.8 Å². The zero-order valence-electron chi connectivity index (χ0n) is 33.1. The van der Waals surface area contributed by atoms with Crippen LogP contribution in [0, 0.1) is 19.3 Å². The third-order valence-electron chi connectivity index (χ3n) is 13.6. The van der Waals surface area contributed by atoms with Crippen molar-refractivity contribution in [1.29, 1.82) is 0 Å². The number of aromatic nitrogens is 6. The average molecular weight is 765 g/mol. The number of fused-ring (bicyclic) bond motifs is 2. The Morgan fingerprint density at radius 2 is 1.39 bits per heavy atom. The smallest absolute Gasteiger partial charge is 0.252 e. The van der Waals surface area contributed by atoms with Crippen molar-refractivity contribution in [2.45, 2.75) is 90.1 Å². The van der Waals surface area contributed by atoms with Gasteiger partial charge < -0.3 is 20.6 Å². The largest absolute Gasteiger partial charge is 0.355 e. The van der Waals surface area contributed by atoms with E-state index >= 15 is 0 Å². The highest BCUT2D eigenvalue weighted by Crippen LogP contribution is 2.55. The quantitative estimate of drug-likeness (QED) is 0.147. The Hall–Kier alpha value is -6.04. The van der Waals surface area contributed by atoms with E-state index in [1.165, 1.54) is 0 Å². The van der Waals surface area contributed by atoms with Crippen LogP contribution in [0.4, 0.5) is 0 Å². The molecule has 2 saturated heterocycles. The molecule has 2 amide bonds. The zero-order chi connectivity index (χ0) is 39.9. The first-order valence-corrected chi connectivity index (χ1v) is 20.0. The summed E-state index contributed by atoms with van der Waals surface area (Å²) >= 11 is 0. The first kappa shape index (κ1) is 36.6. The summed E-state index contributed by atoms with van der Waals surface area (Å²) in [6.07, 6.45) is 11.4. The van der Waals surface area contributed by atoms with E-state index in [0.717, 1.165) is 57.0 Å². The number of aromatic amines is 2. The number of benzene rings is 2. The molecule has 9 rings (SSSR count). The lowest BCUT2D eigenvalue weighted by Crippen LogP contribution is -2.61. The van der Waals surface area contributed by atoms with E-state index in [2.05, 4.69) is 56.9 Å². The van der Waals surface area contributed by atoms with Crippen molar-refractivity contribution in [3.63, 3.8) is 0 Å². The summed E-state index contributed by atoms with van der Waals surface area (Å²) in [5.74, 6) is -0.274. The number of carbonyl (C=O) groups excluding carboxylic acids is 2. The number of hydrogen-bond donors (Lipinski definition) is 4. The molecule has 6 heterocycles. The summed E-state index contributed by atoms with van der Waals surface area (Å²) in [4.78, 5) is 61.0. The topological polar surface area (TPSA) is 160 Å². The predicted molar refractivity (Wildman–Crippen MR) is 221 cm³/mol. The van der Waals surface area contributed by atoms with Crippen molar-refractivity contribution in [1.82, 2.24) is 40.2 Å². The minimum Gasteiger partial charge on any atom is -0.355 e. The van der Waals surface area contributed by atoms with Crippen LogP contribution in [-0.2, 0) is 27.0 Å². The van der Waals surface area contributed by atoms with Crippen LogP contribution < -0.4 is 21.8 Å². The minimum atomic E-state index is -1.13. The molecular formula is C45H48N8O4. The number of hydrogen-bond acceptors (Lipinski definition) is 6. The maximum atomic E-state index is 14.2. The van der Waals surface area contributed by atoms with E-state index in [9.17, 15) is 19.2 Å². The maximum Gasteiger partial charge on any atom is 0.252 e. The Labute approximate surface area is 329 Å². The second-order valence-corrected chi connectivity index (χ2v) is 16.7. The Morgan fingerprint density at radius 3 is 2.05 bits per heavy atom. The minimum absolute atomic E-state index is 0.121. The number of nitrogens with one attached hydrogen (secondary N) is 4. The second kappa shape index (κ2) is 13.3. The number of carbonyl (C=O) groups is 2. The molecule has 4 N–H and O–H groups in total. The first-order valence-electron chi connectivity index (χ1n) is 20.0. The number of amides is 2. The number of H-pyrrole nitrogens is 2. The molecule has 6 aromatic rings. The van der Waals surface area contributed by atoms with Gasteiger partial charge >= 0.3 is 0 Å². The van der Waals surface area contributed by atoms with Crippen molar-refractivity contribution in [3.8, 4) is 22.5 Å². The summed E-state index contributed by atoms with van der Waals surface area (Å²) < 4.78 is 3.97. The van der Waals surface area contributed by atoms with Gasteiger partial charge in [0.2, 0.25) is 11.8 Å². The molecule has 0 radical (unpaired) electrons. The molecule has 2 fully saturated rings. The van der Waals surface area contributed by atoms with Crippen LogP contribution in [0.3, 0.4) is 0 Å². The third kappa shape index (κ3) is 5.54. The molecule has 0 bridgehead atoms. The number of rotatable bonds is 6. The molecule has 2 aromatic carbocycles. The predicted octanol–water partition coefficient (Wildman–Crippen LogP) is 6.26. The highest BCUT2D eigenvalue weighted by molar-refractivity contribution is 5.91. The van der Waals surface area contributed by atoms with Crippen molar-refractivity contribution >= 4 is 33.6 Å². The van der Waals surface area contributed by atoms with Crippen LogP contribution >= 0.6 is 0 Å². The lowest BCUT2D eigenvalue weighted by molar-refractivity contribution is -0.136. The van der Waals surface area contributed by atoms with E-state index in [1.54, 1.807) is 6.07 Å². The summed E-state index contributed by atoms with van der Waals surface area (Å²) in [7, 11) is 0. The molecule has 292 valence electrons. The van der Waals surface area contributed by atoms with Crippen LogP contribution in [-0.4, -0.2) is 54.4 Å². The molecule has 12 nitrogen and oxygen atoms in total. The molecule has 4 aromatic heterocycles. The SMILES string of the molecule is CCn1ncc2c(C)cc(-c3ccc(C4(C)C(=O)NCCC45CC=CC(n4ncc6c(C)cc(-c7ccc(C8(C)CCCNC8=O)c(=O)[nH]7)cc64)C5)c(=O)[nH]3)cc21. The van der Waals surface area contributed by atoms with Crippen molar-refractivity contribution in [2.75, 3.05) is 13.1 Å². The number of aryl methyl sites for hydroxylation is 3. The lowest BCUT2D eigenvalue weighted by Gasteiger charge is -2.53. The van der Waals surface area contributed by atoms with Crippen molar-refractivity contribution < 1.29 is 9.59 Å². The molecule has 2 aliphatic heterocycles. The second-order valence-electron chi connectivity index (χ2n) is 16.7. The molecule has 4 unspecified atom stereocenters. The fraction of sp³-hybridized carbons (Fsp3) is 0.378. The summed E-state index contributed by atoms with van der Waals surface area (Å²) in [6, 6.07) is 15.5. The van der Waals surface area contributed by atoms with Gasteiger partial charge in [0.15, 0.2) is 0 Å². The summed E-state index contributed by atoms with van der Waals surface area (Å²) in [5.41, 5.74) is 4.85. The summed E-state index contributed by atoms with van der Waals surface area (Å²) in [6.45, 7) is 11.8. The van der Waals surface area contributed by atoms with Gasteiger partial charge in [-0.05, 0) is 120 Å². The van der Waals surface area contributed by atoms with E-state index < -0.39 is 16.2 Å². The van der Waals surface area contributed by atoms with Crippen LogP contribution in [0.25, 0.3) is 44.3 Å². The molecule has 12 heteroatoms. The van der Waals surface area contributed by atoms with Crippen LogP contribution in [0.5, 0.6) is 0 Å². The molecule has 1 spiro atoms. The van der Waals surface area contributed by atoms with Gasteiger partial charge in [0.05, 0.1) is 40.3 Å². The van der Waals surface area contributed by atoms with Gasteiger partial charge in [-0.15, -0.1) is 0 Å². The van der Waals surface area contributed by atoms with E-state index in [4.69, 9.17) is 5.10 Å². The number of pyridine rings is 2. The van der Waals surface area contributed by atoms with Crippen molar-refractivity contribution in [3.05, 3.63) is 116 Å². The molecule has 57 heavy (non-hydrogen) atoms. The lowest BCUT2D eigenvalue weighted by atomic mass is 9.52. The van der Waals surface area contributed by atoms with Gasteiger partial charge in [-0.1, -0.05) is 24.3 Å². The zero-order valence-corrected chi connectivity index (χ0v) is 33.1. The Balaban J connectivity index is 1.07. The van der Waals surface area contributed by atoms with Crippen molar-refractivity contribution in [2.24, 2.45) is 5.41 Å². The summed E-state index contributed by atoms with van der Waals surface area (Å²) in [5, 5.41) is 17.5. The van der Waals surface area contributed by atoms with Gasteiger partial charge in [-0.2, -0.15) is 10.2 Å². The number of nitrogens with zero attached hydrogens (tertiary/aromatic N) is 4. The normalized spacial score (nSPS) is 25.0. The van der Waals surface area contributed by atoms with Crippen LogP contribution in [0.2, 0.25) is 0 Å². The average Bonchev–Trinajstić information content (AvgIpc) is 3.83. The molecule has 1 aliphatic carbocycles. The third-order valence-corrected chi connectivity index (χ3v) is 13.6. The van der Waals surface area contributed by atoms with Gasteiger partial charge in [0.1, 0.15) is 0 Å². The molecular weight excluding hydrogens is 717 g/mol. The first-order chi connectivity index (χ1) is 27.4. The van der Waals surface area contributed by atoms with E-state index in [-0.39, 0.29) is 29.0 Å². The molecule has 4 atom stereocenters. The molecule has 0 saturated carbocycles. The number of piperidine rings is 2. The Bertz CT molecular complexity index is 2790. The number of allylic oxidation sites excluding steroid dienone is 2. The standard InChI is InChI=1S/C45H48N8O4/c1-6-52-37-21-28(19-26(2)31(37)24-48-52)36-13-11-34(40(55)51-36)44(5)42(57)47-18-16-45(44)15-7-9-30(23-45)53-38-22-29(20-27(3)32(38)25-49-53)35-12-10-33(39(54)50-35)43(4)14-8-17-46-41(43)56/h7,9-13,19-22,24-25,30H,6,8,14-18,23H2,1-5H3,(H,46,56)(H,47,57)(H,50,54)(H,51,55). The van der Waals surface area contributed by atoms with Crippen LogP contribution in [0.15, 0.2) is 82.7 Å². The highest BCUT2D eigenvalue weighted by atomic mass is 16.2. The molecule has 3 aliphatic rings. The van der Waals surface area contributed by atoms with Gasteiger partial charge in [-0.3, -0.25) is 28.5 Å². The highest BCUT2D eigenvalue weighted by Gasteiger charge is 2.58. The monoisotopic (exact) mass is 764 g/mol. The van der Waals surface area contributed by atoms with Crippen LogP contribution in [0.1, 0.15) is 81.2 Å². The maximum absolute atomic E-state index is 14.2. The fourth-order valence-electron chi connectivity index (χ4n) is 10.1. The Morgan fingerprint density at radius 1 is 0.754 bits per heavy atom. The van der Waals surface area contributed by atoms with E-state index in [0.29, 0.717) is 61.3 Å². The van der Waals surface area contributed by atoms with Gasteiger partial charge in [0.25, 0.3) is 11.1 Å². The van der Waals surface area contributed by atoms with Gasteiger partial charge in [-0.25, -0.2) is 0 Å². The van der Waals surface area contributed by atoms with Gasteiger partial charge in [0, 0.05) is 64.0 Å².